The van der Waals surface area contributed by atoms with Gasteiger partial charge in [-0.25, -0.2) is 4.98 Å². The fourth-order valence-corrected chi connectivity index (χ4v) is 3.79. The van der Waals surface area contributed by atoms with Crippen molar-refractivity contribution in [3.05, 3.63) is 84.6 Å². The first-order chi connectivity index (χ1) is 16.6. The lowest BCUT2D eigenvalue weighted by molar-refractivity contribution is -0.115. The van der Waals surface area contributed by atoms with E-state index in [9.17, 15) is 9.59 Å². The number of benzene rings is 2. The molecular weight excluding hydrogens is 434 g/mol. The van der Waals surface area contributed by atoms with Crippen molar-refractivity contribution in [2.75, 3.05) is 18.5 Å². The van der Waals surface area contributed by atoms with Crippen LogP contribution in [0.2, 0.25) is 0 Å². The summed E-state index contributed by atoms with van der Waals surface area (Å²) in [6, 6.07) is 16.9. The second kappa shape index (κ2) is 9.16. The van der Waals surface area contributed by atoms with Crippen LogP contribution >= 0.6 is 0 Å². The Morgan fingerprint density at radius 2 is 1.94 bits per heavy atom. The molecule has 34 heavy (non-hydrogen) atoms. The number of anilines is 1. The molecule has 2 aromatic carbocycles. The Labute approximate surface area is 194 Å². The predicted molar refractivity (Wildman–Crippen MR) is 127 cm³/mol. The summed E-state index contributed by atoms with van der Waals surface area (Å²) in [6.45, 7) is -0.0623. The van der Waals surface area contributed by atoms with Crippen LogP contribution in [0.15, 0.2) is 82.8 Å². The van der Waals surface area contributed by atoms with Crippen LogP contribution in [-0.4, -0.2) is 45.3 Å². The molecule has 1 aliphatic heterocycles. The minimum absolute atomic E-state index is 0.0945. The number of aliphatic hydroxyl groups excluding tert-OH is 1. The Morgan fingerprint density at radius 1 is 1.12 bits per heavy atom. The minimum atomic E-state index is -0.443. The van der Waals surface area contributed by atoms with E-state index in [0.29, 0.717) is 28.4 Å². The lowest BCUT2D eigenvalue weighted by atomic mass is 10.0. The summed E-state index contributed by atoms with van der Waals surface area (Å²) in [7, 11) is 0. The molecule has 1 aliphatic rings. The first-order valence-corrected chi connectivity index (χ1v) is 10.7. The standard InChI is InChI=1S/C25H21N5O4/c31-11-8-26-25(33)23-24(34-15-27-23)17-5-3-4-16(12-17)20-14-22(32)29-21-13-18(6-7-19(21)28-20)30-9-1-2-10-30/h1-7,9-10,12-13,15,31H,8,11,14H2,(H,26,33)(H,29,32). The molecule has 0 bridgehead atoms. The Hall–Kier alpha value is -4.50. The van der Waals surface area contributed by atoms with Gasteiger partial charge in [-0.05, 0) is 42.0 Å². The molecule has 0 radical (unpaired) electrons. The maximum atomic E-state index is 12.7. The zero-order chi connectivity index (χ0) is 23.5. The van der Waals surface area contributed by atoms with Crippen molar-refractivity contribution in [2.45, 2.75) is 6.42 Å². The van der Waals surface area contributed by atoms with Crippen LogP contribution in [0.4, 0.5) is 11.4 Å². The number of hydrogen-bond acceptors (Lipinski definition) is 6. The molecule has 9 nitrogen and oxygen atoms in total. The van der Waals surface area contributed by atoms with Crippen LogP contribution in [0.3, 0.4) is 0 Å². The first kappa shape index (κ1) is 21.4. The topological polar surface area (TPSA) is 122 Å². The molecule has 0 aliphatic carbocycles. The van der Waals surface area contributed by atoms with E-state index in [1.54, 1.807) is 6.07 Å². The molecular formula is C25H21N5O4. The van der Waals surface area contributed by atoms with E-state index >= 15 is 0 Å². The molecule has 3 heterocycles. The molecule has 0 atom stereocenters. The van der Waals surface area contributed by atoms with Crippen molar-refractivity contribution in [1.82, 2.24) is 14.9 Å². The number of nitrogens with one attached hydrogen (secondary N) is 2. The SMILES string of the molecule is O=C1CC(c2cccc(-c3ocnc3C(=O)NCCO)c2)=Nc2ccc(-n3cccc3)cc2N1. The Balaban J connectivity index is 1.49. The van der Waals surface area contributed by atoms with Gasteiger partial charge in [0.15, 0.2) is 17.8 Å². The highest BCUT2D eigenvalue weighted by atomic mass is 16.3. The van der Waals surface area contributed by atoms with Gasteiger partial charge in [0.1, 0.15) is 0 Å². The summed E-state index contributed by atoms with van der Waals surface area (Å²) in [4.78, 5) is 33.8. The number of aliphatic imine (C=N–C) groups is 1. The monoisotopic (exact) mass is 455 g/mol. The molecule has 9 heteroatoms. The quantitative estimate of drug-likeness (QED) is 0.412. The van der Waals surface area contributed by atoms with Crippen molar-refractivity contribution < 1.29 is 19.1 Å². The summed E-state index contributed by atoms with van der Waals surface area (Å²) in [5, 5.41) is 14.5. The summed E-state index contributed by atoms with van der Waals surface area (Å²) in [6.07, 6.45) is 5.16. The van der Waals surface area contributed by atoms with E-state index in [1.807, 2.05) is 65.5 Å². The zero-order valence-electron chi connectivity index (χ0n) is 18.1. The normalized spacial score (nSPS) is 13.0. The molecule has 0 unspecified atom stereocenters. The summed E-state index contributed by atoms with van der Waals surface area (Å²) < 4.78 is 7.44. The smallest absolute Gasteiger partial charge is 0.274 e. The molecule has 4 aromatic rings. The highest BCUT2D eigenvalue weighted by Gasteiger charge is 2.21. The molecule has 3 N–H and O–H groups in total. The van der Waals surface area contributed by atoms with Crippen LogP contribution in [-0.2, 0) is 4.79 Å². The third-order valence-electron chi connectivity index (χ3n) is 5.38. The number of hydrogen-bond donors (Lipinski definition) is 3. The van der Waals surface area contributed by atoms with Gasteiger partial charge < -0.3 is 24.7 Å². The van der Waals surface area contributed by atoms with E-state index in [1.165, 1.54) is 6.39 Å². The highest BCUT2D eigenvalue weighted by molar-refractivity contribution is 6.17. The summed E-state index contributed by atoms with van der Waals surface area (Å²) >= 11 is 0. The average Bonchev–Trinajstić information content (AvgIpc) is 3.53. The van der Waals surface area contributed by atoms with Crippen molar-refractivity contribution in [1.29, 1.82) is 0 Å². The van der Waals surface area contributed by atoms with Gasteiger partial charge in [0, 0.05) is 30.2 Å². The van der Waals surface area contributed by atoms with Crippen molar-refractivity contribution in [3.8, 4) is 17.0 Å². The van der Waals surface area contributed by atoms with E-state index < -0.39 is 5.91 Å². The maximum Gasteiger partial charge on any atom is 0.274 e. The third-order valence-corrected chi connectivity index (χ3v) is 5.38. The molecule has 0 saturated carbocycles. The van der Waals surface area contributed by atoms with Crippen LogP contribution in [0.1, 0.15) is 22.5 Å². The van der Waals surface area contributed by atoms with Gasteiger partial charge in [-0.1, -0.05) is 18.2 Å². The van der Waals surface area contributed by atoms with E-state index in [0.717, 1.165) is 11.3 Å². The highest BCUT2D eigenvalue weighted by Crippen LogP contribution is 2.32. The van der Waals surface area contributed by atoms with Crippen LogP contribution in [0.25, 0.3) is 17.0 Å². The van der Waals surface area contributed by atoms with Crippen molar-refractivity contribution in [3.63, 3.8) is 0 Å². The third kappa shape index (κ3) is 4.24. The van der Waals surface area contributed by atoms with Gasteiger partial charge in [-0.2, -0.15) is 0 Å². The number of nitrogens with zero attached hydrogens (tertiary/aromatic N) is 3. The van der Waals surface area contributed by atoms with Gasteiger partial charge in [0.25, 0.3) is 5.91 Å². The number of aromatic nitrogens is 2. The molecule has 0 spiro atoms. The molecule has 2 amide bonds. The molecule has 170 valence electrons. The number of amides is 2. The van der Waals surface area contributed by atoms with Gasteiger partial charge in [-0.15, -0.1) is 0 Å². The number of aliphatic hydroxyl groups is 1. The first-order valence-electron chi connectivity index (χ1n) is 10.7. The van der Waals surface area contributed by atoms with Crippen molar-refractivity contribution in [2.24, 2.45) is 4.99 Å². The van der Waals surface area contributed by atoms with Crippen LogP contribution in [0, 0.1) is 0 Å². The zero-order valence-corrected chi connectivity index (χ0v) is 18.1. The summed E-state index contributed by atoms with van der Waals surface area (Å²) in [5.41, 5.74) is 4.28. The Kier molecular flexibility index (Phi) is 5.75. The maximum absolute atomic E-state index is 12.7. The number of oxazole rings is 1. The van der Waals surface area contributed by atoms with Crippen LogP contribution < -0.4 is 10.6 Å². The number of carbonyl (C=O) groups excluding carboxylic acids is 2. The van der Waals surface area contributed by atoms with Gasteiger partial charge in [0.2, 0.25) is 5.91 Å². The molecule has 0 fully saturated rings. The van der Waals surface area contributed by atoms with Gasteiger partial charge in [0.05, 0.1) is 30.1 Å². The molecule has 2 aromatic heterocycles. The van der Waals surface area contributed by atoms with E-state index in [-0.39, 0.29) is 31.2 Å². The Bertz CT molecular complexity index is 1390. The Morgan fingerprint density at radius 3 is 2.76 bits per heavy atom. The fraction of sp³-hybridized carbons (Fsp3) is 0.120. The fourth-order valence-electron chi connectivity index (χ4n) is 3.79. The second-order valence-corrected chi connectivity index (χ2v) is 7.67. The summed E-state index contributed by atoms with van der Waals surface area (Å²) in [5.74, 6) is -0.314. The predicted octanol–water partition coefficient (Wildman–Crippen LogP) is 3.32. The lowest BCUT2D eigenvalue weighted by Gasteiger charge is -2.08. The van der Waals surface area contributed by atoms with Crippen molar-refractivity contribution >= 4 is 28.9 Å². The van der Waals surface area contributed by atoms with Crippen LogP contribution in [0.5, 0.6) is 0 Å². The molecule has 0 saturated heterocycles. The van der Waals surface area contributed by atoms with E-state index in [4.69, 9.17) is 14.5 Å². The number of carbonyl (C=O) groups is 2. The second-order valence-electron chi connectivity index (χ2n) is 7.67. The largest absolute Gasteiger partial charge is 0.443 e. The molecule has 5 rings (SSSR count). The van der Waals surface area contributed by atoms with Gasteiger partial charge in [-0.3, -0.25) is 14.6 Å². The van der Waals surface area contributed by atoms with E-state index in [2.05, 4.69) is 15.6 Å². The van der Waals surface area contributed by atoms with Gasteiger partial charge >= 0.3 is 0 Å². The minimum Gasteiger partial charge on any atom is -0.443 e. The lowest BCUT2D eigenvalue weighted by Crippen LogP contribution is -2.27. The number of fused-ring (bicyclic) bond motifs is 1. The average molecular weight is 455 g/mol. The number of rotatable bonds is 6.